The van der Waals surface area contributed by atoms with Crippen molar-refractivity contribution in [3.05, 3.63) is 34.9 Å². The third-order valence-electron chi connectivity index (χ3n) is 2.26. The Kier molecular flexibility index (Phi) is 5.88. The predicted octanol–water partition coefficient (Wildman–Crippen LogP) is 3.23. The van der Waals surface area contributed by atoms with Crippen LogP contribution in [-0.4, -0.2) is 21.1 Å². The van der Waals surface area contributed by atoms with Gasteiger partial charge in [0.15, 0.2) is 0 Å². The van der Waals surface area contributed by atoms with Gasteiger partial charge in [-0.05, 0) is 0 Å². The molecular weight excluding hydrogens is 286 g/mol. The zero-order chi connectivity index (χ0) is 9.52. The number of halogens is 1. The van der Waals surface area contributed by atoms with Gasteiger partial charge in [0, 0.05) is 0 Å². The topological polar surface area (TPSA) is 0 Å². The maximum atomic E-state index is 6.07. The number of rotatable bonds is 5. The summed E-state index contributed by atoms with van der Waals surface area (Å²) >= 11 is 5.57. The fourth-order valence-corrected chi connectivity index (χ4v) is 7.61. The van der Waals surface area contributed by atoms with Crippen molar-refractivity contribution in [3.8, 4) is 0 Å². The average molecular weight is 303 g/mol. The van der Waals surface area contributed by atoms with Gasteiger partial charge in [-0.2, -0.15) is 0 Å². The minimum atomic E-state index is -0.500. The molecule has 0 amide bonds. The summed E-state index contributed by atoms with van der Waals surface area (Å²) in [5, 5.41) is 0.968. The first-order chi connectivity index (χ1) is 6.34. The van der Waals surface area contributed by atoms with Crippen LogP contribution < -0.4 is 0 Å². The molecule has 0 spiro atoms. The van der Waals surface area contributed by atoms with Crippen molar-refractivity contribution in [3.63, 3.8) is 0 Å². The van der Waals surface area contributed by atoms with Gasteiger partial charge in [-0.15, -0.1) is 0 Å². The molecule has 1 aromatic carbocycles. The van der Waals surface area contributed by atoms with Crippen LogP contribution in [0, 0.1) is 0 Å². The van der Waals surface area contributed by atoms with Crippen molar-refractivity contribution >= 4 is 32.7 Å². The van der Waals surface area contributed by atoms with Gasteiger partial charge in [-0.3, -0.25) is 0 Å². The Morgan fingerprint density at radius 3 is 2.77 bits per heavy atom. The quantitative estimate of drug-likeness (QED) is 0.579. The second kappa shape index (κ2) is 6.72. The van der Waals surface area contributed by atoms with E-state index in [1.807, 2.05) is 12.1 Å². The molecule has 0 unspecified atom stereocenters. The van der Waals surface area contributed by atoms with E-state index in [1.165, 1.54) is 27.3 Å². The van der Waals surface area contributed by atoms with Gasteiger partial charge in [0.1, 0.15) is 0 Å². The van der Waals surface area contributed by atoms with Crippen molar-refractivity contribution in [2.24, 2.45) is 0 Å². The Bertz CT molecular complexity index is 248. The van der Waals surface area contributed by atoms with Gasteiger partial charge >= 0.3 is 96.2 Å². The summed E-state index contributed by atoms with van der Waals surface area (Å²) in [5.41, 5.74) is 1.39. The predicted molar refractivity (Wildman–Crippen MR) is 63.4 cm³/mol. The number of benzene rings is 1. The number of unbranched alkanes of at least 4 members (excludes halogenated alkanes) is 1. The number of hydrogen-bond acceptors (Lipinski definition) is 0. The molecule has 0 fully saturated rings. The molecule has 0 aromatic heterocycles. The molecule has 0 radical (unpaired) electrons. The summed E-state index contributed by atoms with van der Waals surface area (Å²) < 4.78 is 2.87. The summed E-state index contributed by atoms with van der Waals surface area (Å²) in [6.07, 6.45) is 2.78. The van der Waals surface area contributed by atoms with Gasteiger partial charge in [0.2, 0.25) is 0 Å². The Morgan fingerprint density at radius 2 is 2.08 bits per heavy atom. The van der Waals surface area contributed by atoms with E-state index in [1.54, 1.807) is 0 Å². The molecule has 0 saturated carbocycles. The van der Waals surface area contributed by atoms with Crippen molar-refractivity contribution in [2.75, 3.05) is 0 Å². The van der Waals surface area contributed by atoms with E-state index in [4.69, 9.17) is 11.6 Å². The number of hydrogen-bond donors (Lipinski definition) is 0. The van der Waals surface area contributed by atoms with Crippen molar-refractivity contribution in [1.82, 2.24) is 0 Å². The molecule has 2 heteroatoms. The Hall–Kier alpha value is 0.309. The standard InChI is InChI=1S/C7H6Cl.C4H9.Sn.2H/c1-6-4-2-3-5-7(6)8;1-3-4-2;;;/h2-5H,1H2;1,3-4H2,2H3;;;. The summed E-state index contributed by atoms with van der Waals surface area (Å²) in [5.74, 6) is 0. The SMILES string of the molecule is CCC[CH2][SnH2][CH2]c1ccccc1Cl. The first kappa shape index (κ1) is 11.4. The minimum absolute atomic E-state index is 0.500. The molecule has 1 rings (SSSR count). The van der Waals surface area contributed by atoms with E-state index < -0.39 is 21.1 Å². The molecule has 0 bridgehead atoms. The molecular formula is C11H17ClSn. The zero-order valence-corrected chi connectivity index (χ0v) is 13.0. The van der Waals surface area contributed by atoms with Crippen molar-refractivity contribution < 1.29 is 0 Å². The molecule has 0 aliphatic rings. The first-order valence-electron chi connectivity index (χ1n) is 5.08. The van der Waals surface area contributed by atoms with Gasteiger partial charge in [0.25, 0.3) is 0 Å². The van der Waals surface area contributed by atoms with Crippen LogP contribution in [0.25, 0.3) is 0 Å². The van der Waals surface area contributed by atoms with E-state index in [2.05, 4.69) is 19.1 Å². The first-order valence-corrected chi connectivity index (χ1v) is 11.2. The maximum absolute atomic E-state index is 6.07. The van der Waals surface area contributed by atoms with E-state index in [-0.39, 0.29) is 0 Å². The molecule has 0 atom stereocenters. The monoisotopic (exact) mass is 304 g/mol. The van der Waals surface area contributed by atoms with Crippen LogP contribution in [0.15, 0.2) is 24.3 Å². The van der Waals surface area contributed by atoms with Gasteiger partial charge in [0.05, 0.1) is 0 Å². The summed E-state index contributed by atoms with van der Waals surface area (Å²) in [6, 6.07) is 8.27. The fourth-order valence-electron chi connectivity index (χ4n) is 1.44. The van der Waals surface area contributed by atoms with Gasteiger partial charge in [-0.25, -0.2) is 0 Å². The second-order valence-corrected chi connectivity index (χ2v) is 9.27. The summed E-state index contributed by atoms with van der Waals surface area (Å²) in [6.45, 7) is 2.27. The average Bonchev–Trinajstić information content (AvgIpc) is 2.15. The summed E-state index contributed by atoms with van der Waals surface area (Å²) in [4.78, 5) is 0. The zero-order valence-electron chi connectivity index (χ0n) is 8.22. The van der Waals surface area contributed by atoms with Crippen molar-refractivity contribution in [2.45, 2.75) is 28.6 Å². The summed E-state index contributed by atoms with van der Waals surface area (Å²) in [7, 11) is 0. The Balaban J connectivity index is 2.32. The molecule has 0 N–H and O–H groups in total. The molecule has 0 aliphatic heterocycles. The van der Waals surface area contributed by atoms with Gasteiger partial charge in [-0.1, -0.05) is 0 Å². The van der Waals surface area contributed by atoms with Crippen LogP contribution in [0.2, 0.25) is 9.46 Å². The van der Waals surface area contributed by atoms with Crippen LogP contribution >= 0.6 is 11.6 Å². The van der Waals surface area contributed by atoms with Crippen LogP contribution in [-0.2, 0) is 4.44 Å². The van der Waals surface area contributed by atoms with E-state index in [0.717, 1.165) is 5.02 Å². The fraction of sp³-hybridized carbons (Fsp3) is 0.455. The Morgan fingerprint density at radius 1 is 1.31 bits per heavy atom. The third kappa shape index (κ3) is 4.37. The van der Waals surface area contributed by atoms with E-state index >= 15 is 0 Å². The van der Waals surface area contributed by atoms with Gasteiger partial charge < -0.3 is 0 Å². The molecule has 0 nitrogen and oxygen atoms in total. The molecule has 13 heavy (non-hydrogen) atoms. The van der Waals surface area contributed by atoms with E-state index in [0.29, 0.717) is 0 Å². The molecule has 72 valence electrons. The normalized spacial score (nSPS) is 11.2. The van der Waals surface area contributed by atoms with Crippen molar-refractivity contribution in [1.29, 1.82) is 0 Å². The molecule has 1 aromatic rings. The van der Waals surface area contributed by atoms with Crippen LogP contribution in [0.5, 0.6) is 0 Å². The molecule has 0 aliphatic carbocycles. The van der Waals surface area contributed by atoms with Crippen LogP contribution in [0.1, 0.15) is 25.3 Å². The Labute approximate surface area is 95.9 Å². The van der Waals surface area contributed by atoms with E-state index in [9.17, 15) is 0 Å². The molecule has 0 heterocycles. The second-order valence-electron chi connectivity index (χ2n) is 3.40. The molecule has 0 saturated heterocycles. The third-order valence-corrected chi connectivity index (χ3v) is 8.03. The van der Waals surface area contributed by atoms with Crippen LogP contribution in [0.4, 0.5) is 0 Å². The van der Waals surface area contributed by atoms with Crippen LogP contribution in [0.3, 0.4) is 0 Å².